The van der Waals surface area contributed by atoms with Gasteiger partial charge < -0.3 is 26.6 Å². The molecule has 3 aliphatic rings. The Morgan fingerprint density at radius 1 is 0.742 bits per heavy atom. The summed E-state index contributed by atoms with van der Waals surface area (Å²) in [5.41, 5.74) is 2.58. The molecule has 0 saturated carbocycles. The summed E-state index contributed by atoms with van der Waals surface area (Å²) in [6.07, 6.45) is 3.57. The Morgan fingerprint density at radius 2 is 1.23 bits per heavy atom. The molecule has 2 bridgehead atoms. The molecule has 2 nitrogen and oxygen atoms in total. The molecule has 162 valence electrons. The van der Waals surface area contributed by atoms with Gasteiger partial charge in [0, 0.05) is 25.2 Å². The number of aliphatic hydroxyl groups is 1. The molecule has 3 heterocycles. The molecule has 3 aliphatic heterocycles. The summed E-state index contributed by atoms with van der Waals surface area (Å²) in [6, 6.07) is 31.6. The van der Waals surface area contributed by atoms with Gasteiger partial charge >= 0.3 is 0 Å². The molecule has 3 fully saturated rings. The van der Waals surface area contributed by atoms with Crippen LogP contribution in [0.1, 0.15) is 29.5 Å². The van der Waals surface area contributed by atoms with Crippen molar-refractivity contribution in [3.8, 4) is 0 Å². The maximum absolute atomic E-state index is 12.4. The molecular formula is C28H32BrNO. The van der Waals surface area contributed by atoms with Crippen LogP contribution in [0, 0.1) is 11.8 Å². The monoisotopic (exact) mass is 477 g/mol. The fourth-order valence-corrected chi connectivity index (χ4v) is 6.07. The molecule has 0 aromatic heterocycles. The molecule has 0 radical (unpaired) electrons. The number of benzene rings is 3. The minimum Gasteiger partial charge on any atom is -1.00 e. The van der Waals surface area contributed by atoms with Crippen LogP contribution in [0.15, 0.2) is 91.0 Å². The Hall–Kier alpha value is -1.94. The van der Waals surface area contributed by atoms with Crippen molar-refractivity contribution in [1.29, 1.82) is 0 Å². The van der Waals surface area contributed by atoms with E-state index >= 15 is 0 Å². The van der Waals surface area contributed by atoms with E-state index in [-0.39, 0.29) is 22.9 Å². The summed E-state index contributed by atoms with van der Waals surface area (Å²) in [4.78, 5) is 0. The molecule has 3 heteroatoms. The van der Waals surface area contributed by atoms with Crippen molar-refractivity contribution in [3.05, 3.63) is 108 Å². The molecule has 3 aromatic carbocycles. The number of halogens is 1. The summed E-state index contributed by atoms with van der Waals surface area (Å²) >= 11 is 0. The predicted molar refractivity (Wildman–Crippen MR) is 122 cm³/mol. The minimum atomic E-state index is -0.926. The Balaban J connectivity index is 0.00000231. The summed E-state index contributed by atoms with van der Waals surface area (Å²) in [5.74, 6) is 0.840. The predicted octanol–water partition coefficient (Wildman–Crippen LogP) is 2.03. The lowest BCUT2D eigenvalue weighted by Gasteiger charge is -2.56. The number of hydrogen-bond donors (Lipinski definition) is 1. The first-order valence-electron chi connectivity index (χ1n) is 11.4. The Labute approximate surface area is 196 Å². The number of piperidine rings is 3. The molecule has 3 aromatic rings. The highest BCUT2D eigenvalue weighted by Crippen LogP contribution is 2.49. The van der Waals surface area contributed by atoms with Crippen molar-refractivity contribution in [2.45, 2.75) is 24.9 Å². The van der Waals surface area contributed by atoms with Crippen LogP contribution >= 0.6 is 0 Å². The standard InChI is InChI=1S/C28H32NO.BrH/c30-28(25-12-6-2-7-13-25,26-14-8-3-9-15-26)27-22-29(20-17-24(27)18-21-29)19-16-23-10-4-1-5-11-23;/h1-15,24,27,30H,16-22H2;1H/q+1;/p-1. The molecule has 0 amide bonds. The number of quaternary nitrogens is 1. The molecule has 31 heavy (non-hydrogen) atoms. The summed E-state index contributed by atoms with van der Waals surface area (Å²) in [6.45, 7) is 4.76. The van der Waals surface area contributed by atoms with Crippen molar-refractivity contribution in [3.63, 3.8) is 0 Å². The van der Waals surface area contributed by atoms with Crippen molar-refractivity contribution < 1.29 is 26.6 Å². The van der Waals surface area contributed by atoms with E-state index in [1.54, 1.807) is 0 Å². The average molecular weight is 478 g/mol. The van der Waals surface area contributed by atoms with Gasteiger partial charge in [-0.15, -0.1) is 0 Å². The molecule has 0 spiro atoms. The minimum absolute atomic E-state index is 0. The molecule has 0 aliphatic carbocycles. The van der Waals surface area contributed by atoms with Gasteiger partial charge in [0.15, 0.2) is 0 Å². The molecule has 1 unspecified atom stereocenters. The highest BCUT2D eigenvalue weighted by atomic mass is 79.9. The number of hydrogen-bond acceptors (Lipinski definition) is 1. The van der Waals surface area contributed by atoms with E-state index in [0.29, 0.717) is 5.92 Å². The number of rotatable bonds is 6. The van der Waals surface area contributed by atoms with Crippen LogP contribution in [0.4, 0.5) is 0 Å². The highest BCUT2D eigenvalue weighted by Gasteiger charge is 2.54. The highest BCUT2D eigenvalue weighted by molar-refractivity contribution is 5.37. The number of fused-ring (bicyclic) bond motifs is 3. The van der Waals surface area contributed by atoms with E-state index in [2.05, 4.69) is 78.9 Å². The third-order valence-corrected chi connectivity index (χ3v) is 7.78. The van der Waals surface area contributed by atoms with Crippen LogP contribution in [0.2, 0.25) is 0 Å². The fourth-order valence-electron chi connectivity index (χ4n) is 6.07. The fraction of sp³-hybridized carbons (Fsp3) is 0.357. The van der Waals surface area contributed by atoms with Crippen LogP contribution in [0.5, 0.6) is 0 Å². The van der Waals surface area contributed by atoms with Gasteiger partial charge in [0.2, 0.25) is 0 Å². The first-order chi connectivity index (χ1) is 14.7. The largest absolute Gasteiger partial charge is 1.00 e. The van der Waals surface area contributed by atoms with Crippen molar-refractivity contribution in [2.24, 2.45) is 11.8 Å². The zero-order chi connectivity index (χ0) is 20.4. The first-order valence-corrected chi connectivity index (χ1v) is 11.4. The first kappa shape index (κ1) is 22.3. The van der Waals surface area contributed by atoms with E-state index in [1.807, 2.05) is 12.1 Å². The summed E-state index contributed by atoms with van der Waals surface area (Å²) < 4.78 is 1.15. The lowest BCUT2D eigenvalue weighted by atomic mass is 9.64. The van der Waals surface area contributed by atoms with E-state index < -0.39 is 5.60 Å². The summed E-state index contributed by atoms with van der Waals surface area (Å²) in [7, 11) is 0. The normalized spacial score (nSPS) is 25.1. The van der Waals surface area contributed by atoms with Crippen molar-refractivity contribution in [1.82, 2.24) is 0 Å². The molecular weight excluding hydrogens is 446 g/mol. The lowest BCUT2D eigenvalue weighted by molar-refractivity contribution is -0.948. The van der Waals surface area contributed by atoms with Crippen molar-refractivity contribution in [2.75, 3.05) is 26.2 Å². The number of nitrogens with zero attached hydrogens (tertiary/aromatic N) is 1. The van der Waals surface area contributed by atoms with Gasteiger partial charge in [0.1, 0.15) is 5.60 Å². The molecule has 3 saturated heterocycles. The molecule has 1 atom stereocenters. The SMILES string of the molecule is OC(c1ccccc1)(c1ccccc1)C1C[N+]2(CCc3ccccc3)CCC1CC2.[Br-]. The van der Waals surface area contributed by atoms with Gasteiger partial charge in [-0.1, -0.05) is 91.0 Å². The second kappa shape index (κ2) is 9.28. The van der Waals surface area contributed by atoms with Gasteiger partial charge in [0.05, 0.1) is 26.2 Å². The Morgan fingerprint density at radius 3 is 1.74 bits per heavy atom. The van der Waals surface area contributed by atoms with Crippen LogP contribution in [0.3, 0.4) is 0 Å². The second-order valence-corrected chi connectivity index (χ2v) is 9.37. The average Bonchev–Trinajstić information content (AvgIpc) is 2.85. The third kappa shape index (κ3) is 4.24. The van der Waals surface area contributed by atoms with E-state index in [0.717, 1.165) is 28.6 Å². The van der Waals surface area contributed by atoms with E-state index in [4.69, 9.17) is 0 Å². The van der Waals surface area contributed by atoms with Crippen LogP contribution in [-0.4, -0.2) is 35.8 Å². The van der Waals surface area contributed by atoms with Crippen LogP contribution in [0.25, 0.3) is 0 Å². The van der Waals surface area contributed by atoms with Gasteiger partial charge in [0.25, 0.3) is 0 Å². The lowest BCUT2D eigenvalue weighted by Crippen LogP contribution is -3.00. The zero-order valence-electron chi connectivity index (χ0n) is 18.0. The smallest absolute Gasteiger partial charge is 0.123 e. The Bertz CT molecular complexity index is 913. The van der Waals surface area contributed by atoms with E-state index in [1.165, 1.54) is 38.0 Å². The van der Waals surface area contributed by atoms with Gasteiger partial charge in [-0.2, -0.15) is 0 Å². The second-order valence-electron chi connectivity index (χ2n) is 9.37. The van der Waals surface area contributed by atoms with Crippen LogP contribution in [-0.2, 0) is 12.0 Å². The maximum atomic E-state index is 12.4. The van der Waals surface area contributed by atoms with E-state index in [9.17, 15) is 5.11 Å². The topological polar surface area (TPSA) is 20.2 Å². The van der Waals surface area contributed by atoms with Gasteiger partial charge in [-0.3, -0.25) is 0 Å². The summed E-state index contributed by atoms with van der Waals surface area (Å²) in [5, 5.41) is 12.4. The van der Waals surface area contributed by atoms with Crippen molar-refractivity contribution >= 4 is 0 Å². The quantitative estimate of drug-likeness (QED) is 0.538. The molecule has 6 rings (SSSR count). The molecule has 1 N–H and O–H groups in total. The van der Waals surface area contributed by atoms with Crippen LogP contribution < -0.4 is 17.0 Å². The van der Waals surface area contributed by atoms with Gasteiger partial charge in [-0.05, 0) is 22.6 Å². The van der Waals surface area contributed by atoms with Gasteiger partial charge in [-0.25, -0.2) is 0 Å². The Kier molecular flexibility index (Phi) is 6.66. The zero-order valence-corrected chi connectivity index (χ0v) is 19.6. The maximum Gasteiger partial charge on any atom is 0.123 e. The third-order valence-electron chi connectivity index (χ3n) is 7.78.